The Morgan fingerprint density at radius 3 is 1.25 bits per heavy atom. The van der Waals surface area contributed by atoms with Crippen LogP contribution in [0.1, 0.15) is 61.2 Å². The molecule has 0 fully saturated rings. The van der Waals surface area contributed by atoms with Gasteiger partial charge in [0.1, 0.15) is 16.0 Å². The van der Waals surface area contributed by atoms with E-state index in [9.17, 15) is 0 Å². The molecular formula is C41H35BrF2. The van der Waals surface area contributed by atoms with Gasteiger partial charge in [-0.3, -0.25) is 0 Å². The molecule has 0 saturated carbocycles. The second kappa shape index (κ2) is 11.4. The second-order valence-electron chi connectivity index (χ2n) is 12.3. The fourth-order valence-corrected chi connectivity index (χ4v) is 8.08. The van der Waals surface area contributed by atoms with Gasteiger partial charge in [-0.15, -0.1) is 0 Å². The quantitative estimate of drug-likeness (QED) is 0.167. The van der Waals surface area contributed by atoms with Crippen LogP contribution < -0.4 is 0 Å². The van der Waals surface area contributed by atoms with Crippen molar-refractivity contribution < 1.29 is 8.78 Å². The van der Waals surface area contributed by atoms with Crippen molar-refractivity contribution in [2.75, 3.05) is 0 Å². The van der Waals surface area contributed by atoms with Crippen molar-refractivity contribution in [3.8, 4) is 0 Å². The van der Waals surface area contributed by atoms with E-state index in [0.717, 1.165) is 83.5 Å². The maximum atomic E-state index is 15.2. The Balaban J connectivity index is 1.90. The van der Waals surface area contributed by atoms with Crippen molar-refractivity contribution in [3.05, 3.63) is 176 Å². The van der Waals surface area contributed by atoms with Gasteiger partial charge < -0.3 is 0 Å². The second-order valence-corrected chi connectivity index (χ2v) is 13.5. The largest absolute Gasteiger partial charge is 0.207 e. The molecule has 6 rings (SSSR count). The lowest BCUT2D eigenvalue weighted by Gasteiger charge is -2.32. The van der Waals surface area contributed by atoms with Crippen molar-refractivity contribution in [1.29, 1.82) is 0 Å². The molecule has 220 valence electrons. The molecule has 1 atom stereocenters. The third-order valence-electron chi connectivity index (χ3n) is 8.31. The van der Waals surface area contributed by atoms with Crippen LogP contribution in [0.2, 0.25) is 0 Å². The number of benzene rings is 5. The minimum Gasteiger partial charge on any atom is -0.207 e. The molecule has 0 heterocycles. The van der Waals surface area contributed by atoms with Crippen LogP contribution in [0.3, 0.4) is 0 Å². The van der Waals surface area contributed by atoms with Gasteiger partial charge in [0.05, 0.1) is 0 Å². The average Bonchev–Trinajstić information content (AvgIpc) is 3.22. The van der Waals surface area contributed by atoms with E-state index < -0.39 is 4.32 Å². The highest BCUT2D eigenvalue weighted by atomic mass is 79.9. The van der Waals surface area contributed by atoms with Gasteiger partial charge in [-0.05, 0) is 116 Å². The molecule has 44 heavy (non-hydrogen) atoms. The van der Waals surface area contributed by atoms with Crippen molar-refractivity contribution in [3.63, 3.8) is 0 Å². The Morgan fingerprint density at radius 2 is 0.818 bits per heavy atom. The van der Waals surface area contributed by atoms with Crippen LogP contribution in [0.4, 0.5) is 8.78 Å². The highest BCUT2D eigenvalue weighted by Crippen LogP contribution is 2.65. The highest BCUT2D eigenvalue weighted by Gasteiger charge is 2.48. The van der Waals surface area contributed by atoms with Gasteiger partial charge in [0.15, 0.2) is 0 Å². The lowest BCUT2D eigenvalue weighted by molar-refractivity contribution is 0.625. The fraction of sp³-hybridized carbons (Fsp3) is 0.171. The molecule has 3 heteroatoms. The third kappa shape index (κ3) is 5.39. The molecule has 0 bridgehead atoms. The number of allylic oxidation sites excluding steroid dienone is 4. The molecule has 5 aromatic carbocycles. The molecule has 0 nitrogen and oxygen atoms in total. The van der Waals surface area contributed by atoms with Crippen LogP contribution in [-0.4, -0.2) is 0 Å². The summed E-state index contributed by atoms with van der Waals surface area (Å²) < 4.78 is 29.4. The first-order valence-electron chi connectivity index (χ1n) is 14.9. The minimum absolute atomic E-state index is 0.305. The van der Waals surface area contributed by atoms with Crippen LogP contribution in [0.5, 0.6) is 0 Å². The van der Waals surface area contributed by atoms with E-state index in [-0.39, 0.29) is 11.6 Å². The first kappa shape index (κ1) is 30.0. The summed E-state index contributed by atoms with van der Waals surface area (Å²) in [5, 5.41) is 0. The maximum absolute atomic E-state index is 15.2. The monoisotopic (exact) mass is 644 g/mol. The van der Waals surface area contributed by atoms with Crippen molar-refractivity contribution in [2.24, 2.45) is 0 Å². The van der Waals surface area contributed by atoms with Gasteiger partial charge >= 0.3 is 0 Å². The van der Waals surface area contributed by atoms with E-state index in [1.165, 1.54) is 12.1 Å². The molecule has 1 aliphatic carbocycles. The van der Waals surface area contributed by atoms with Crippen molar-refractivity contribution >= 4 is 38.2 Å². The summed E-state index contributed by atoms with van der Waals surface area (Å²) in [6.07, 6.45) is 0. The zero-order chi connectivity index (χ0) is 31.3. The molecule has 1 aliphatic rings. The molecular weight excluding hydrogens is 610 g/mol. The summed E-state index contributed by atoms with van der Waals surface area (Å²) in [4.78, 5) is 0. The van der Waals surface area contributed by atoms with Crippen LogP contribution in [0, 0.1) is 53.2 Å². The Labute approximate surface area is 267 Å². The predicted molar refractivity (Wildman–Crippen MR) is 185 cm³/mol. The zero-order valence-corrected chi connectivity index (χ0v) is 27.5. The van der Waals surface area contributed by atoms with E-state index in [1.54, 1.807) is 24.3 Å². The molecule has 0 amide bonds. The first-order valence-corrected chi connectivity index (χ1v) is 15.7. The standard InChI is InChI=1S/C41H35BrF2/c1-24-13-25(2)17-31(16-24)38-37(30-9-7-11-35(43)22-30)39(32-18-26(3)14-27(4)19-32)41(42,34-10-8-12-36(44)23-34)40(38)33-20-28(5)15-29(6)21-33/h7-23H,1-6H3. The lowest BCUT2D eigenvalue weighted by atomic mass is 9.79. The molecule has 0 radical (unpaired) electrons. The highest BCUT2D eigenvalue weighted by molar-refractivity contribution is 9.10. The number of hydrogen-bond acceptors (Lipinski definition) is 0. The Hall–Kier alpha value is -4.08. The Bertz CT molecular complexity index is 1950. The van der Waals surface area contributed by atoms with Gasteiger partial charge in [-0.25, -0.2) is 8.78 Å². The lowest BCUT2D eigenvalue weighted by Crippen LogP contribution is -2.21. The van der Waals surface area contributed by atoms with E-state index in [2.05, 4.69) is 112 Å². The van der Waals surface area contributed by atoms with E-state index in [1.807, 2.05) is 12.1 Å². The summed E-state index contributed by atoms with van der Waals surface area (Å²) in [5.41, 5.74) is 15.3. The summed E-state index contributed by atoms with van der Waals surface area (Å²) in [6.45, 7) is 12.6. The van der Waals surface area contributed by atoms with Gasteiger partial charge in [0.25, 0.3) is 0 Å². The Morgan fingerprint density at radius 1 is 0.432 bits per heavy atom. The molecule has 1 unspecified atom stereocenters. The normalized spacial score (nSPS) is 16.7. The van der Waals surface area contributed by atoms with Crippen molar-refractivity contribution in [1.82, 2.24) is 0 Å². The topological polar surface area (TPSA) is 0 Å². The molecule has 0 spiro atoms. The van der Waals surface area contributed by atoms with E-state index in [4.69, 9.17) is 0 Å². The SMILES string of the molecule is Cc1cc(C)cc(C2=C(c3cc(C)cc(C)c3)C(Br)(c3cccc(F)c3)C(c3cc(C)cc(C)c3)=C2c2cccc(F)c2)c1. The fourth-order valence-electron chi connectivity index (χ4n) is 6.98. The number of aryl methyl sites for hydroxylation is 6. The summed E-state index contributed by atoms with van der Waals surface area (Å²) in [7, 11) is 0. The van der Waals surface area contributed by atoms with Crippen molar-refractivity contribution in [2.45, 2.75) is 45.9 Å². The average molecular weight is 646 g/mol. The number of alkyl halides is 1. The smallest absolute Gasteiger partial charge is 0.123 e. The van der Waals surface area contributed by atoms with Crippen LogP contribution >= 0.6 is 15.9 Å². The molecule has 0 aromatic heterocycles. The van der Waals surface area contributed by atoms with Crippen LogP contribution in [0.25, 0.3) is 22.3 Å². The zero-order valence-electron chi connectivity index (χ0n) is 25.9. The first-order chi connectivity index (χ1) is 20.9. The van der Waals surface area contributed by atoms with Gasteiger partial charge in [-0.2, -0.15) is 0 Å². The summed E-state index contributed by atoms with van der Waals surface area (Å²) in [6, 6.07) is 33.3. The molecule has 5 aromatic rings. The summed E-state index contributed by atoms with van der Waals surface area (Å²) >= 11 is 4.35. The number of halogens is 3. The predicted octanol–water partition coefficient (Wildman–Crippen LogP) is 11.6. The Kier molecular flexibility index (Phi) is 7.80. The van der Waals surface area contributed by atoms with Crippen LogP contribution in [-0.2, 0) is 4.32 Å². The third-order valence-corrected chi connectivity index (χ3v) is 9.56. The van der Waals surface area contributed by atoms with Gasteiger partial charge in [-0.1, -0.05) is 128 Å². The number of hydrogen-bond donors (Lipinski definition) is 0. The van der Waals surface area contributed by atoms with Gasteiger partial charge in [0.2, 0.25) is 0 Å². The van der Waals surface area contributed by atoms with E-state index >= 15 is 8.78 Å². The molecule has 0 saturated heterocycles. The number of rotatable bonds is 5. The van der Waals surface area contributed by atoms with Gasteiger partial charge in [0, 0.05) is 0 Å². The minimum atomic E-state index is -0.968. The maximum Gasteiger partial charge on any atom is 0.123 e. The molecule has 0 aliphatic heterocycles. The summed E-state index contributed by atoms with van der Waals surface area (Å²) in [5.74, 6) is -0.617. The molecule has 0 N–H and O–H groups in total. The van der Waals surface area contributed by atoms with Crippen LogP contribution in [0.15, 0.2) is 103 Å². The van der Waals surface area contributed by atoms with E-state index in [0.29, 0.717) is 0 Å².